The van der Waals surface area contributed by atoms with Crippen molar-refractivity contribution in [1.82, 2.24) is 25.0 Å². The minimum absolute atomic E-state index is 0.0125. The fourth-order valence-corrected chi connectivity index (χ4v) is 3.21. The zero-order valence-corrected chi connectivity index (χ0v) is 19.3. The van der Waals surface area contributed by atoms with Gasteiger partial charge in [0.2, 0.25) is 5.89 Å². The first-order chi connectivity index (χ1) is 15.1. The van der Waals surface area contributed by atoms with Crippen LogP contribution in [0, 0.1) is 17.4 Å². The third-order valence-corrected chi connectivity index (χ3v) is 5.64. The molecule has 0 unspecified atom stereocenters. The number of oxazole rings is 2. The molecule has 4 aromatic rings. The second-order valence-corrected chi connectivity index (χ2v) is 8.27. The summed E-state index contributed by atoms with van der Waals surface area (Å²) < 4.78 is 38.4. The van der Waals surface area contributed by atoms with E-state index in [1.807, 2.05) is 25.1 Å². The third-order valence-electron chi connectivity index (χ3n) is 4.43. The maximum Gasteiger partial charge on any atom is 0.290 e. The van der Waals surface area contributed by atoms with Crippen LogP contribution in [0.2, 0.25) is 0 Å². The average molecular weight is 554 g/mol. The Kier molecular flexibility index (Phi) is 5.79. The smallest absolute Gasteiger partial charge is 0.290 e. The minimum atomic E-state index is -3.11. The van der Waals surface area contributed by atoms with E-state index in [1.165, 1.54) is 6.20 Å². The monoisotopic (exact) mass is 554 g/mol. The molecule has 0 aliphatic carbocycles. The van der Waals surface area contributed by atoms with E-state index in [4.69, 9.17) is 8.83 Å². The van der Waals surface area contributed by atoms with Crippen LogP contribution in [0.1, 0.15) is 40.5 Å². The van der Waals surface area contributed by atoms with Gasteiger partial charge in [-0.05, 0) is 47.2 Å². The number of rotatable bonds is 6. The minimum Gasteiger partial charge on any atom is -0.446 e. The van der Waals surface area contributed by atoms with Gasteiger partial charge in [-0.1, -0.05) is 6.07 Å². The molecule has 0 saturated carbocycles. The Balaban J connectivity index is 1.50. The molecule has 0 bridgehead atoms. The molecule has 1 N–H and O–H groups in total. The lowest BCUT2D eigenvalue weighted by Crippen LogP contribution is -2.14. The summed E-state index contributed by atoms with van der Waals surface area (Å²) in [6.45, 7) is 4.26. The van der Waals surface area contributed by atoms with Gasteiger partial charge >= 0.3 is 0 Å². The molecule has 4 rings (SSSR count). The molecule has 0 fully saturated rings. The number of carbonyl (C=O) groups excluding carboxylic acids is 1. The van der Waals surface area contributed by atoms with Gasteiger partial charge in [-0.15, -0.1) is 5.10 Å². The molecule has 1 aromatic carbocycles. The van der Waals surface area contributed by atoms with Gasteiger partial charge in [0.05, 0.1) is 6.20 Å². The number of alkyl halides is 2. The van der Waals surface area contributed by atoms with Gasteiger partial charge in [0, 0.05) is 23.0 Å². The van der Waals surface area contributed by atoms with Crippen molar-refractivity contribution in [2.45, 2.75) is 33.2 Å². The Morgan fingerprint density at radius 3 is 2.75 bits per heavy atom. The van der Waals surface area contributed by atoms with Gasteiger partial charge < -0.3 is 14.2 Å². The molecule has 0 atom stereocenters. The number of hydrogen-bond donors (Lipinski definition) is 1. The van der Waals surface area contributed by atoms with Crippen molar-refractivity contribution >= 4 is 34.3 Å². The number of aromatic nitrogens is 5. The summed E-state index contributed by atoms with van der Waals surface area (Å²) in [5.74, 6) is -2.78. The zero-order chi connectivity index (χ0) is 23.0. The van der Waals surface area contributed by atoms with Crippen molar-refractivity contribution in [2.24, 2.45) is 0 Å². The van der Waals surface area contributed by atoms with Crippen molar-refractivity contribution in [1.29, 1.82) is 0 Å². The number of benzene rings is 1. The van der Waals surface area contributed by atoms with Crippen molar-refractivity contribution < 1.29 is 22.4 Å². The molecule has 1 amide bonds. The van der Waals surface area contributed by atoms with Gasteiger partial charge in [-0.2, -0.15) is 18.7 Å². The van der Waals surface area contributed by atoms with E-state index in [-0.39, 0.29) is 23.9 Å². The summed E-state index contributed by atoms with van der Waals surface area (Å²) in [6, 6.07) is 5.70. The van der Waals surface area contributed by atoms with Gasteiger partial charge in [-0.25, -0.2) is 9.97 Å². The third kappa shape index (κ3) is 4.69. The number of halogens is 3. The second kappa shape index (κ2) is 8.41. The van der Waals surface area contributed by atoms with Crippen LogP contribution in [0.15, 0.2) is 39.5 Å². The van der Waals surface area contributed by atoms with Crippen LogP contribution in [0.4, 0.5) is 14.6 Å². The van der Waals surface area contributed by atoms with Crippen LogP contribution in [-0.2, 0) is 12.5 Å². The molecule has 0 spiro atoms. The number of hydrogen-bond acceptors (Lipinski definition) is 7. The first-order valence-electron chi connectivity index (χ1n) is 9.38. The van der Waals surface area contributed by atoms with Crippen molar-refractivity contribution in [3.05, 3.63) is 63.0 Å². The lowest BCUT2D eigenvalue weighted by atomic mass is 10.1. The van der Waals surface area contributed by atoms with Crippen LogP contribution < -0.4 is 5.32 Å². The molecule has 0 radical (unpaired) electrons. The van der Waals surface area contributed by atoms with Crippen molar-refractivity contribution in [2.75, 3.05) is 5.32 Å². The maximum absolute atomic E-state index is 13.3. The van der Waals surface area contributed by atoms with Crippen molar-refractivity contribution in [3.63, 3.8) is 0 Å². The number of nitrogens with zero attached hydrogens (tertiary/aromatic N) is 5. The Morgan fingerprint density at radius 2 is 2.06 bits per heavy atom. The predicted octanol–water partition coefficient (Wildman–Crippen LogP) is 4.55. The molecule has 12 heteroatoms. The molecule has 32 heavy (non-hydrogen) atoms. The summed E-state index contributed by atoms with van der Waals surface area (Å²) >= 11 is 2.23. The SMILES string of the molecule is Cc1nc(C(=O)Nc2cnn(Cc3nc(C(C)(F)F)co3)n2)c(-c2ccc(I)c(C)c2)o1. The molecule has 166 valence electrons. The van der Waals surface area contributed by atoms with Crippen LogP contribution in [0.3, 0.4) is 0 Å². The van der Waals surface area contributed by atoms with E-state index in [0.29, 0.717) is 11.7 Å². The highest BCUT2D eigenvalue weighted by Crippen LogP contribution is 2.28. The molecule has 0 aliphatic rings. The highest BCUT2D eigenvalue weighted by atomic mass is 127. The summed E-state index contributed by atoms with van der Waals surface area (Å²) in [4.78, 5) is 21.9. The zero-order valence-electron chi connectivity index (χ0n) is 17.2. The normalized spacial score (nSPS) is 11.7. The summed E-state index contributed by atoms with van der Waals surface area (Å²) in [5, 5.41) is 10.7. The van der Waals surface area contributed by atoms with Crippen LogP contribution >= 0.6 is 22.6 Å². The van der Waals surface area contributed by atoms with E-state index < -0.39 is 17.5 Å². The molecule has 3 heterocycles. The number of carbonyl (C=O) groups is 1. The molecule has 3 aromatic heterocycles. The van der Waals surface area contributed by atoms with Gasteiger partial charge in [-0.3, -0.25) is 4.79 Å². The van der Waals surface area contributed by atoms with Gasteiger partial charge in [0.1, 0.15) is 18.5 Å². The fourth-order valence-electron chi connectivity index (χ4n) is 2.87. The number of anilines is 1. The van der Waals surface area contributed by atoms with Crippen LogP contribution in [0.25, 0.3) is 11.3 Å². The Bertz CT molecular complexity index is 1290. The molecule has 0 aliphatic heterocycles. The lowest BCUT2D eigenvalue weighted by Gasteiger charge is -2.04. The lowest BCUT2D eigenvalue weighted by molar-refractivity contribution is 0.0126. The van der Waals surface area contributed by atoms with E-state index in [0.717, 1.165) is 32.7 Å². The molecular weight excluding hydrogens is 537 g/mol. The highest BCUT2D eigenvalue weighted by Gasteiger charge is 2.29. The number of nitrogens with one attached hydrogen (secondary N) is 1. The Labute approximate surface area is 194 Å². The molecule has 0 saturated heterocycles. The van der Waals surface area contributed by atoms with E-state index in [1.54, 1.807) is 6.92 Å². The Hall–Kier alpha value is -3.16. The van der Waals surface area contributed by atoms with Crippen LogP contribution in [0.5, 0.6) is 0 Å². The molecule has 9 nitrogen and oxygen atoms in total. The summed E-state index contributed by atoms with van der Waals surface area (Å²) in [5.41, 5.74) is 1.40. The molecular formula is C20H17F2IN6O3. The summed E-state index contributed by atoms with van der Waals surface area (Å²) in [7, 11) is 0. The van der Waals surface area contributed by atoms with E-state index in [2.05, 4.69) is 48.1 Å². The Morgan fingerprint density at radius 1 is 1.28 bits per heavy atom. The predicted molar refractivity (Wildman–Crippen MR) is 117 cm³/mol. The largest absolute Gasteiger partial charge is 0.446 e. The van der Waals surface area contributed by atoms with Gasteiger partial charge in [0.25, 0.3) is 11.8 Å². The average Bonchev–Trinajstić information content (AvgIpc) is 3.44. The van der Waals surface area contributed by atoms with Crippen LogP contribution in [-0.4, -0.2) is 30.9 Å². The fraction of sp³-hybridized carbons (Fsp3) is 0.250. The number of aryl methyl sites for hydroxylation is 2. The highest BCUT2D eigenvalue weighted by molar-refractivity contribution is 14.1. The van der Waals surface area contributed by atoms with Gasteiger partial charge in [0.15, 0.2) is 23.2 Å². The standard InChI is InChI=1S/C20H17F2IN6O3/c1-10-6-12(4-5-13(10)23)18-17(25-11(2)32-18)19(30)27-15-7-24-29(28-15)8-16-26-14(9-31-16)20(3,21)22/h4-7,9H,8H2,1-3H3,(H,27,28,30). The van der Waals surface area contributed by atoms with E-state index in [9.17, 15) is 13.6 Å². The second-order valence-electron chi connectivity index (χ2n) is 7.10. The summed E-state index contributed by atoms with van der Waals surface area (Å²) in [6.07, 6.45) is 2.21. The topological polar surface area (TPSA) is 112 Å². The maximum atomic E-state index is 13.3. The quantitative estimate of drug-likeness (QED) is 0.348. The van der Waals surface area contributed by atoms with E-state index >= 15 is 0 Å². The van der Waals surface area contributed by atoms with Crippen molar-refractivity contribution in [3.8, 4) is 11.3 Å². The number of amides is 1. The first kappa shape index (κ1) is 22.0. The first-order valence-corrected chi connectivity index (χ1v) is 10.5.